The lowest BCUT2D eigenvalue weighted by Gasteiger charge is -2.33. The molecule has 9 heteroatoms. The maximum absolute atomic E-state index is 9.58. The first-order chi connectivity index (χ1) is 15.2. The van der Waals surface area contributed by atoms with E-state index in [9.17, 15) is 5.26 Å². The number of likely N-dealkylation sites (N-methyl/N-ethyl adjacent to an activating group) is 1. The van der Waals surface area contributed by atoms with Crippen LogP contribution in [-0.4, -0.2) is 55.5 Å². The predicted molar refractivity (Wildman–Crippen MR) is 117 cm³/mol. The molecular weight excluding hydrogens is 390 g/mol. The third kappa shape index (κ3) is 3.51. The van der Waals surface area contributed by atoms with Crippen LogP contribution >= 0.6 is 0 Å². The first-order valence-corrected chi connectivity index (χ1v) is 10.3. The second-order valence-corrected chi connectivity index (χ2v) is 7.82. The monoisotopic (exact) mass is 413 g/mol. The summed E-state index contributed by atoms with van der Waals surface area (Å²) in [5.74, 6) is 0.956. The van der Waals surface area contributed by atoms with Gasteiger partial charge in [0.05, 0.1) is 30.0 Å². The van der Waals surface area contributed by atoms with Gasteiger partial charge in [-0.3, -0.25) is 4.68 Å². The van der Waals surface area contributed by atoms with Gasteiger partial charge in [-0.2, -0.15) is 15.5 Å². The van der Waals surface area contributed by atoms with E-state index in [1.807, 2.05) is 44.8 Å². The zero-order chi connectivity index (χ0) is 21.4. The number of hydrogen-bond acceptors (Lipinski definition) is 7. The van der Waals surface area contributed by atoms with Gasteiger partial charge in [-0.05, 0) is 32.0 Å². The van der Waals surface area contributed by atoms with E-state index in [2.05, 4.69) is 26.5 Å². The van der Waals surface area contributed by atoms with Crippen molar-refractivity contribution in [3.8, 4) is 28.6 Å². The normalized spacial score (nSPS) is 16.5. The molecule has 0 amide bonds. The highest BCUT2D eigenvalue weighted by atomic mass is 15.2. The van der Waals surface area contributed by atoms with Crippen LogP contribution in [0.3, 0.4) is 0 Å². The molecule has 4 aromatic rings. The molecule has 5 heterocycles. The van der Waals surface area contributed by atoms with Crippen LogP contribution in [-0.2, 0) is 7.05 Å². The second-order valence-electron chi connectivity index (χ2n) is 7.82. The number of nitrogens with one attached hydrogen (secondary N) is 1. The molecule has 0 bridgehead atoms. The quantitative estimate of drug-likeness (QED) is 0.548. The van der Waals surface area contributed by atoms with Crippen molar-refractivity contribution in [3.05, 3.63) is 48.7 Å². The Morgan fingerprint density at radius 1 is 1.13 bits per heavy atom. The van der Waals surface area contributed by atoms with E-state index in [0.717, 1.165) is 42.1 Å². The molecule has 0 saturated carbocycles. The number of hydrogen-bond donors (Lipinski definition) is 1. The molecule has 1 fully saturated rings. The highest BCUT2D eigenvalue weighted by Crippen LogP contribution is 2.29. The van der Waals surface area contributed by atoms with E-state index in [-0.39, 0.29) is 0 Å². The van der Waals surface area contributed by atoms with Gasteiger partial charge in [-0.1, -0.05) is 0 Å². The molecule has 156 valence electrons. The van der Waals surface area contributed by atoms with Crippen molar-refractivity contribution in [1.82, 2.24) is 34.7 Å². The SMILES string of the molecule is CNC1CCCN(c2ccc(-c3nc(-c4cnn(C)c4)cn4ncc(C#N)c34)cn2)C1. The minimum absolute atomic E-state index is 0.484. The van der Waals surface area contributed by atoms with Crippen molar-refractivity contribution < 1.29 is 0 Å². The molecule has 1 aliphatic heterocycles. The number of nitriles is 1. The van der Waals surface area contributed by atoms with Gasteiger partial charge in [-0.25, -0.2) is 14.5 Å². The molecule has 1 saturated heterocycles. The van der Waals surface area contributed by atoms with Crippen molar-refractivity contribution >= 4 is 11.3 Å². The van der Waals surface area contributed by atoms with Crippen LogP contribution in [0.5, 0.6) is 0 Å². The van der Waals surface area contributed by atoms with Crippen LogP contribution in [0.15, 0.2) is 43.1 Å². The minimum Gasteiger partial charge on any atom is -0.355 e. The Labute approximate surface area is 180 Å². The van der Waals surface area contributed by atoms with Gasteiger partial charge in [0.1, 0.15) is 23.0 Å². The fourth-order valence-electron chi connectivity index (χ4n) is 4.12. The maximum Gasteiger partial charge on any atom is 0.128 e. The van der Waals surface area contributed by atoms with Crippen molar-refractivity contribution in [2.24, 2.45) is 7.05 Å². The topological polar surface area (TPSA) is 100.0 Å². The summed E-state index contributed by atoms with van der Waals surface area (Å²) in [4.78, 5) is 11.9. The molecule has 31 heavy (non-hydrogen) atoms. The van der Waals surface area contributed by atoms with Crippen molar-refractivity contribution in [2.75, 3.05) is 25.0 Å². The molecule has 1 N–H and O–H groups in total. The lowest BCUT2D eigenvalue weighted by atomic mass is 10.1. The van der Waals surface area contributed by atoms with Crippen LogP contribution in [0.4, 0.5) is 5.82 Å². The summed E-state index contributed by atoms with van der Waals surface area (Å²) in [5.41, 5.74) is 4.31. The lowest BCUT2D eigenvalue weighted by molar-refractivity contribution is 0.447. The number of pyridine rings is 1. The number of aryl methyl sites for hydroxylation is 1. The predicted octanol–water partition coefficient (Wildman–Crippen LogP) is 2.25. The summed E-state index contributed by atoms with van der Waals surface area (Å²) in [5, 5.41) is 21.6. The average Bonchev–Trinajstić information content (AvgIpc) is 3.44. The number of rotatable bonds is 4. The lowest BCUT2D eigenvalue weighted by Crippen LogP contribution is -2.44. The standard InChI is InChI=1S/C22H23N9/c1-24-18-4-3-7-30(13-18)20-6-5-15(9-25-20)21-22-16(8-23)10-27-31(22)14-19(28-21)17-11-26-29(2)12-17/h5-6,9-12,14,18,24H,3-4,7,13H2,1-2H3. The van der Waals surface area contributed by atoms with Crippen molar-refractivity contribution in [1.29, 1.82) is 5.26 Å². The molecule has 1 atom stereocenters. The molecule has 1 aliphatic rings. The van der Waals surface area contributed by atoms with Crippen LogP contribution in [0.1, 0.15) is 18.4 Å². The Hall–Kier alpha value is -3.77. The largest absolute Gasteiger partial charge is 0.355 e. The fourth-order valence-corrected chi connectivity index (χ4v) is 4.12. The summed E-state index contributed by atoms with van der Waals surface area (Å²) in [7, 11) is 3.88. The first-order valence-electron chi connectivity index (χ1n) is 10.3. The summed E-state index contributed by atoms with van der Waals surface area (Å²) in [6.07, 6.45) is 11.2. The van der Waals surface area contributed by atoms with Crippen LogP contribution in [0.2, 0.25) is 0 Å². The van der Waals surface area contributed by atoms with E-state index in [0.29, 0.717) is 22.8 Å². The highest BCUT2D eigenvalue weighted by molar-refractivity contribution is 5.83. The summed E-state index contributed by atoms with van der Waals surface area (Å²) < 4.78 is 3.44. The van der Waals surface area contributed by atoms with Crippen LogP contribution in [0.25, 0.3) is 28.0 Å². The summed E-state index contributed by atoms with van der Waals surface area (Å²) in [6.45, 7) is 1.95. The number of aromatic nitrogens is 6. The van der Waals surface area contributed by atoms with Gasteiger partial charge in [0.2, 0.25) is 0 Å². The zero-order valence-electron chi connectivity index (χ0n) is 17.5. The van der Waals surface area contributed by atoms with Gasteiger partial charge in [0, 0.05) is 49.7 Å². The molecule has 0 radical (unpaired) electrons. The number of piperidine rings is 1. The third-order valence-electron chi connectivity index (χ3n) is 5.79. The molecule has 0 spiro atoms. The van der Waals surface area contributed by atoms with Crippen molar-refractivity contribution in [2.45, 2.75) is 18.9 Å². The maximum atomic E-state index is 9.58. The number of nitrogens with zero attached hydrogens (tertiary/aromatic N) is 8. The minimum atomic E-state index is 0.484. The van der Waals surface area contributed by atoms with Gasteiger partial charge in [0.15, 0.2) is 0 Å². The van der Waals surface area contributed by atoms with Gasteiger partial charge in [-0.15, -0.1) is 0 Å². The Kier molecular flexibility index (Phi) is 4.84. The molecule has 1 unspecified atom stereocenters. The highest BCUT2D eigenvalue weighted by Gasteiger charge is 2.20. The Balaban J connectivity index is 1.57. The number of fused-ring (bicyclic) bond motifs is 1. The summed E-state index contributed by atoms with van der Waals surface area (Å²) in [6, 6.07) is 6.76. The smallest absolute Gasteiger partial charge is 0.128 e. The molecule has 0 aliphatic carbocycles. The molecule has 9 nitrogen and oxygen atoms in total. The Morgan fingerprint density at radius 2 is 2.03 bits per heavy atom. The Morgan fingerprint density at radius 3 is 2.74 bits per heavy atom. The van der Waals surface area contributed by atoms with E-state index in [1.54, 1.807) is 21.6 Å². The molecular formula is C22H23N9. The molecule has 4 aromatic heterocycles. The zero-order valence-corrected chi connectivity index (χ0v) is 17.5. The number of anilines is 1. The third-order valence-corrected chi connectivity index (χ3v) is 5.79. The van der Waals surface area contributed by atoms with Crippen LogP contribution in [0, 0.1) is 11.3 Å². The van der Waals surface area contributed by atoms with E-state index in [1.165, 1.54) is 6.42 Å². The van der Waals surface area contributed by atoms with Crippen LogP contribution < -0.4 is 10.2 Å². The van der Waals surface area contributed by atoms with Gasteiger partial charge in [0.25, 0.3) is 0 Å². The average molecular weight is 413 g/mol. The van der Waals surface area contributed by atoms with Gasteiger partial charge >= 0.3 is 0 Å². The second kappa shape index (κ2) is 7.81. The fraction of sp³-hybridized carbons (Fsp3) is 0.318. The molecule has 5 rings (SSSR count). The molecule has 0 aromatic carbocycles. The van der Waals surface area contributed by atoms with E-state index in [4.69, 9.17) is 9.97 Å². The Bertz CT molecular complexity index is 1260. The van der Waals surface area contributed by atoms with Crippen molar-refractivity contribution in [3.63, 3.8) is 0 Å². The summed E-state index contributed by atoms with van der Waals surface area (Å²) >= 11 is 0. The van der Waals surface area contributed by atoms with E-state index >= 15 is 0 Å². The van der Waals surface area contributed by atoms with E-state index < -0.39 is 0 Å². The first kappa shape index (κ1) is 19.2. The van der Waals surface area contributed by atoms with Gasteiger partial charge < -0.3 is 10.2 Å².